The summed E-state index contributed by atoms with van der Waals surface area (Å²) in [5, 5.41) is 3.86. The van der Waals surface area contributed by atoms with Gasteiger partial charge in [0.1, 0.15) is 0 Å². The molecule has 0 aliphatic carbocycles. The normalized spacial score (nSPS) is 9.85. The van der Waals surface area contributed by atoms with E-state index in [1.165, 1.54) is 11.8 Å². The summed E-state index contributed by atoms with van der Waals surface area (Å²) in [4.78, 5) is 4.33. The van der Waals surface area contributed by atoms with Gasteiger partial charge >= 0.3 is 0 Å². The lowest BCUT2D eigenvalue weighted by molar-refractivity contribution is 1.06. The minimum absolute atomic E-state index is 0. The van der Waals surface area contributed by atoms with Crippen molar-refractivity contribution in [3.63, 3.8) is 0 Å². The Hall–Kier alpha value is -0.330. The van der Waals surface area contributed by atoms with Crippen LogP contribution in [0, 0.1) is 0 Å². The van der Waals surface area contributed by atoms with Gasteiger partial charge < -0.3 is 16.8 Å². The molecular formula is C12H23Cl3N4S. The molecule has 0 amide bonds. The topological polar surface area (TPSA) is 76.4 Å². The van der Waals surface area contributed by atoms with Crippen LogP contribution in [0.2, 0.25) is 0 Å². The molecule has 20 heavy (non-hydrogen) atoms. The van der Waals surface area contributed by atoms with E-state index >= 15 is 0 Å². The number of hydrogen-bond donors (Lipinski definition) is 3. The van der Waals surface area contributed by atoms with Crippen LogP contribution in [-0.2, 0) is 6.54 Å². The van der Waals surface area contributed by atoms with Crippen LogP contribution in [-0.4, -0.2) is 17.5 Å². The van der Waals surface area contributed by atoms with Crippen LogP contribution in [0.4, 0.5) is 11.4 Å². The van der Waals surface area contributed by atoms with Crippen molar-refractivity contribution in [1.82, 2.24) is 0 Å². The Morgan fingerprint density at radius 3 is 2.40 bits per heavy atom. The summed E-state index contributed by atoms with van der Waals surface area (Å²) in [6.45, 7) is 5.48. The summed E-state index contributed by atoms with van der Waals surface area (Å²) in [6, 6.07) is 5.91. The number of hydrogen-bond acceptors (Lipinski definition) is 4. The molecule has 0 aliphatic rings. The molecular weight excluding hydrogens is 339 g/mol. The quantitative estimate of drug-likeness (QED) is 0.554. The monoisotopic (exact) mass is 360 g/mol. The van der Waals surface area contributed by atoms with Gasteiger partial charge in [0.2, 0.25) is 0 Å². The first kappa shape index (κ1) is 24.7. The lowest BCUT2D eigenvalue weighted by Gasteiger charge is -2.10. The highest BCUT2D eigenvalue weighted by Gasteiger charge is 2.02. The van der Waals surface area contributed by atoms with Crippen molar-refractivity contribution in [2.75, 3.05) is 17.6 Å². The van der Waals surface area contributed by atoms with Crippen molar-refractivity contribution in [2.45, 2.75) is 20.4 Å². The summed E-state index contributed by atoms with van der Waals surface area (Å²) in [5.41, 5.74) is 14.5. The molecule has 0 unspecified atom stereocenters. The summed E-state index contributed by atoms with van der Waals surface area (Å²) in [7, 11) is 0. The predicted octanol–water partition coefficient (Wildman–Crippen LogP) is 3.54. The fourth-order valence-electron chi connectivity index (χ4n) is 1.49. The second kappa shape index (κ2) is 13.6. The highest BCUT2D eigenvalue weighted by atomic mass is 35.5. The Labute approximate surface area is 143 Å². The van der Waals surface area contributed by atoms with Crippen molar-refractivity contribution in [3.8, 4) is 0 Å². The van der Waals surface area contributed by atoms with Crippen LogP contribution in [0.3, 0.4) is 0 Å². The van der Waals surface area contributed by atoms with E-state index < -0.39 is 0 Å². The number of benzene rings is 1. The lowest BCUT2D eigenvalue weighted by atomic mass is 10.1. The van der Waals surface area contributed by atoms with Gasteiger partial charge in [0.05, 0.1) is 5.69 Å². The molecule has 5 N–H and O–H groups in total. The molecule has 0 aliphatic heterocycles. The molecule has 1 aromatic carbocycles. The van der Waals surface area contributed by atoms with Gasteiger partial charge in [-0.25, -0.2) is 4.99 Å². The predicted molar refractivity (Wildman–Crippen MR) is 99.7 cm³/mol. The molecule has 1 aromatic rings. The number of aliphatic imine (C=N–C) groups is 1. The van der Waals surface area contributed by atoms with Crippen molar-refractivity contribution in [2.24, 2.45) is 16.5 Å². The van der Waals surface area contributed by atoms with Crippen LogP contribution in [0.15, 0.2) is 23.2 Å². The van der Waals surface area contributed by atoms with Crippen LogP contribution < -0.4 is 16.8 Å². The zero-order valence-corrected chi connectivity index (χ0v) is 14.9. The number of nitrogens with two attached hydrogens (primary N) is 2. The molecule has 0 heterocycles. The van der Waals surface area contributed by atoms with E-state index in [9.17, 15) is 0 Å². The van der Waals surface area contributed by atoms with Gasteiger partial charge in [-0.1, -0.05) is 18.7 Å². The third-order valence-electron chi connectivity index (χ3n) is 2.21. The van der Waals surface area contributed by atoms with E-state index in [-0.39, 0.29) is 37.2 Å². The summed E-state index contributed by atoms with van der Waals surface area (Å²) in [5.74, 6) is 0.925. The number of nitrogens with zero attached hydrogens (tertiary/aromatic N) is 1. The summed E-state index contributed by atoms with van der Waals surface area (Å²) >= 11 is 1.53. The van der Waals surface area contributed by atoms with Gasteiger partial charge in [-0.2, -0.15) is 0 Å². The average molecular weight is 362 g/mol. The molecule has 0 atom stereocenters. The fraction of sp³-hybridized carbons (Fsp3) is 0.417. The standard InChI is InChI=1S/C12H20N4S.3ClH/c1-3-15-11-6-5-10(7-9(11)8-13)16-12(14)17-4-2;;;/h5-7,15H,3-4,8,13H2,1-2H3,(H2,14,16);3*1H. The average Bonchev–Trinajstić information content (AvgIpc) is 2.31. The molecule has 0 bridgehead atoms. The van der Waals surface area contributed by atoms with E-state index in [0.717, 1.165) is 29.2 Å². The van der Waals surface area contributed by atoms with Gasteiger partial charge in [0.25, 0.3) is 0 Å². The Kier molecular flexibility index (Phi) is 16.8. The van der Waals surface area contributed by atoms with Crippen LogP contribution in [0.5, 0.6) is 0 Å². The fourth-order valence-corrected chi connectivity index (χ4v) is 1.95. The molecule has 0 saturated carbocycles. The number of amidine groups is 1. The van der Waals surface area contributed by atoms with E-state index in [4.69, 9.17) is 11.5 Å². The third-order valence-corrected chi connectivity index (χ3v) is 2.88. The second-order valence-electron chi connectivity index (χ2n) is 3.46. The molecule has 0 spiro atoms. The van der Waals surface area contributed by atoms with Crippen molar-refractivity contribution < 1.29 is 0 Å². The molecule has 0 radical (unpaired) electrons. The van der Waals surface area contributed by atoms with Gasteiger partial charge in [-0.05, 0) is 36.4 Å². The molecule has 8 heteroatoms. The van der Waals surface area contributed by atoms with Crippen molar-refractivity contribution >= 4 is 65.5 Å². The largest absolute Gasteiger partial charge is 0.385 e. The van der Waals surface area contributed by atoms with Gasteiger partial charge in [-0.15, -0.1) is 37.2 Å². The third kappa shape index (κ3) is 8.07. The van der Waals surface area contributed by atoms with Crippen LogP contribution in [0.1, 0.15) is 19.4 Å². The number of halogens is 3. The Morgan fingerprint density at radius 2 is 1.90 bits per heavy atom. The smallest absolute Gasteiger partial charge is 0.159 e. The first-order valence-corrected chi connectivity index (χ1v) is 6.73. The van der Waals surface area contributed by atoms with E-state index in [2.05, 4.69) is 17.2 Å². The van der Waals surface area contributed by atoms with E-state index in [0.29, 0.717) is 11.7 Å². The second-order valence-corrected chi connectivity index (χ2v) is 4.74. The van der Waals surface area contributed by atoms with Gasteiger partial charge in [0.15, 0.2) is 5.17 Å². The molecule has 0 fully saturated rings. The zero-order valence-electron chi connectivity index (χ0n) is 11.6. The Balaban J connectivity index is -0.000000963. The number of nitrogens with one attached hydrogen (secondary N) is 1. The van der Waals surface area contributed by atoms with Crippen LogP contribution in [0.25, 0.3) is 0 Å². The Bertz CT molecular complexity index is 402. The van der Waals surface area contributed by atoms with Crippen LogP contribution >= 0.6 is 49.0 Å². The molecule has 0 saturated heterocycles. The molecule has 0 aromatic heterocycles. The number of anilines is 1. The maximum Gasteiger partial charge on any atom is 0.159 e. The molecule has 4 nitrogen and oxygen atoms in total. The lowest BCUT2D eigenvalue weighted by Crippen LogP contribution is -2.07. The van der Waals surface area contributed by atoms with E-state index in [1.807, 2.05) is 25.1 Å². The SMILES string of the molecule is CCNc1ccc(N=C(N)SCC)cc1CN.Cl.Cl.Cl. The molecule has 118 valence electrons. The highest BCUT2D eigenvalue weighted by Crippen LogP contribution is 2.22. The van der Waals surface area contributed by atoms with E-state index in [1.54, 1.807) is 0 Å². The zero-order chi connectivity index (χ0) is 12.7. The summed E-state index contributed by atoms with van der Waals surface area (Å²) in [6.07, 6.45) is 0. The number of rotatable bonds is 5. The minimum atomic E-state index is 0. The first-order valence-electron chi connectivity index (χ1n) is 5.75. The Morgan fingerprint density at radius 1 is 1.25 bits per heavy atom. The van der Waals surface area contributed by atoms with Crippen molar-refractivity contribution in [3.05, 3.63) is 23.8 Å². The van der Waals surface area contributed by atoms with Crippen molar-refractivity contribution in [1.29, 1.82) is 0 Å². The van der Waals surface area contributed by atoms with Gasteiger partial charge in [-0.3, -0.25) is 0 Å². The maximum absolute atomic E-state index is 5.77. The first-order chi connectivity index (χ1) is 8.21. The van der Waals surface area contributed by atoms with Gasteiger partial charge in [0, 0.05) is 18.8 Å². The number of thioether (sulfide) groups is 1. The maximum atomic E-state index is 5.77. The highest BCUT2D eigenvalue weighted by molar-refractivity contribution is 8.13. The minimum Gasteiger partial charge on any atom is -0.385 e. The molecule has 1 rings (SSSR count). The summed E-state index contributed by atoms with van der Waals surface area (Å²) < 4.78 is 0.